The van der Waals surface area contributed by atoms with Crippen molar-refractivity contribution < 1.29 is 4.79 Å². The topological polar surface area (TPSA) is 88.5 Å². The maximum absolute atomic E-state index is 11.8. The summed E-state index contributed by atoms with van der Waals surface area (Å²) in [6.45, 7) is 0. The number of aromatic nitrogens is 5. The summed E-state index contributed by atoms with van der Waals surface area (Å²) in [4.78, 5) is 13.2. The molecule has 18 heavy (non-hydrogen) atoms. The summed E-state index contributed by atoms with van der Waals surface area (Å²) >= 11 is 0. The standard InChI is InChI=1S/C11H10N6O/c1-17-13-6-10(16-17)11(18)14-8-3-2-7-5-12-15-9(7)4-8/h2-6H,1H3,(H,12,15)(H,14,18). The third-order valence-electron chi connectivity index (χ3n) is 2.53. The van der Waals surface area contributed by atoms with Crippen molar-refractivity contribution in [2.45, 2.75) is 0 Å². The van der Waals surface area contributed by atoms with E-state index in [4.69, 9.17) is 0 Å². The summed E-state index contributed by atoms with van der Waals surface area (Å²) in [6.07, 6.45) is 3.15. The first-order valence-electron chi connectivity index (χ1n) is 5.33. The van der Waals surface area contributed by atoms with Crippen LogP contribution in [0, 0.1) is 0 Å². The number of amides is 1. The SMILES string of the molecule is Cn1ncc(C(=O)Nc2ccc3cn[nH]c3c2)n1. The number of aryl methyl sites for hydroxylation is 1. The molecular weight excluding hydrogens is 232 g/mol. The highest BCUT2D eigenvalue weighted by molar-refractivity contribution is 6.03. The van der Waals surface area contributed by atoms with Gasteiger partial charge in [-0.3, -0.25) is 9.89 Å². The van der Waals surface area contributed by atoms with Crippen LogP contribution in [0.5, 0.6) is 0 Å². The van der Waals surface area contributed by atoms with Gasteiger partial charge < -0.3 is 5.32 Å². The summed E-state index contributed by atoms with van der Waals surface area (Å²) in [6, 6.07) is 5.51. The molecule has 7 heteroatoms. The number of benzene rings is 1. The molecule has 0 saturated heterocycles. The van der Waals surface area contributed by atoms with Crippen molar-refractivity contribution in [3.05, 3.63) is 36.3 Å². The number of fused-ring (bicyclic) bond motifs is 1. The number of nitrogens with one attached hydrogen (secondary N) is 2. The van der Waals surface area contributed by atoms with E-state index in [-0.39, 0.29) is 11.6 Å². The summed E-state index contributed by atoms with van der Waals surface area (Å²) in [5.74, 6) is -0.290. The van der Waals surface area contributed by atoms with Crippen molar-refractivity contribution >= 4 is 22.5 Å². The summed E-state index contributed by atoms with van der Waals surface area (Å²) in [5.41, 5.74) is 1.83. The molecule has 0 spiro atoms. The monoisotopic (exact) mass is 242 g/mol. The van der Waals surface area contributed by atoms with Crippen LogP contribution in [0.4, 0.5) is 5.69 Å². The minimum atomic E-state index is -0.290. The van der Waals surface area contributed by atoms with E-state index in [0.29, 0.717) is 5.69 Å². The molecule has 2 heterocycles. The Bertz CT molecular complexity index is 713. The molecule has 0 aliphatic carbocycles. The number of hydrogen-bond acceptors (Lipinski definition) is 4. The van der Waals surface area contributed by atoms with Gasteiger partial charge in [0.25, 0.3) is 5.91 Å². The minimum absolute atomic E-state index is 0.280. The molecule has 0 radical (unpaired) electrons. The van der Waals surface area contributed by atoms with Crippen molar-refractivity contribution in [3.63, 3.8) is 0 Å². The van der Waals surface area contributed by atoms with Gasteiger partial charge in [-0.05, 0) is 18.2 Å². The molecule has 0 aliphatic heterocycles. The molecule has 0 fully saturated rings. The molecule has 7 nitrogen and oxygen atoms in total. The summed E-state index contributed by atoms with van der Waals surface area (Å²) in [5, 5.41) is 18.3. The van der Waals surface area contributed by atoms with Crippen LogP contribution in [0.2, 0.25) is 0 Å². The van der Waals surface area contributed by atoms with E-state index in [1.54, 1.807) is 13.2 Å². The van der Waals surface area contributed by atoms with Gasteiger partial charge in [-0.25, -0.2) is 0 Å². The van der Waals surface area contributed by atoms with Gasteiger partial charge in [-0.15, -0.1) is 5.10 Å². The number of rotatable bonds is 2. The lowest BCUT2D eigenvalue weighted by atomic mass is 10.2. The Morgan fingerprint density at radius 1 is 1.39 bits per heavy atom. The van der Waals surface area contributed by atoms with Crippen LogP contribution in [0.15, 0.2) is 30.6 Å². The highest BCUT2D eigenvalue weighted by Crippen LogP contribution is 2.16. The molecular formula is C11H10N6O. The number of hydrogen-bond donors (Lipinski definition) is 2. The Balaban J connectivity index is 1.85. The van der Waals surface area contributed by atoms with E-state index in [2.05, 4.69) is 25.7 Å². The third-order valence-corrected chi connectivity index (χ3v) is 2.53. The molecule has 1 amide bonds. The Morgan fingerprint density at radius 3 is 3.06 bits per heavy atom. The van der Waals surface area contributed by atoms with Crippen molar-refractivity contribution in [1.82, 2.24) is 25.2 Å². The highest BCUT2D eigenvalue weighted by Gasteiger charge is 2.10. The van der Waals surface area contributed by atoms with Crippen molar-refractivity contribution in [2.75, 3.05) is 5.32 Å². The van der Waals surface area contributed by atoms with E-state index in [1.807, 2.05) is 18.2 Å². The zero-order valence-electron chi connectivity index (χ0n) is 9.58. The largest absolute Gasteiger partial charge is 0.320 e. The quantitative estimate of drug-likeness (QED) is 0.700. The van der Waals surface area contributed by atoms with Gasteiger partial charge in [0.05, 0.1) is 17.9 Å². The van der Waals surface area contributed by atoms with E-state index < -0.39 is 0 Å². The maximum atomic E-state index is 11.8. The lowest BCUT2D eigenvalue weighted by Crippen LogP contribution is -2.12. The van der Waals surface area contributed by atoms with Gasteiger partial charge in [-0.1, -0.05) is 0 Å². The van der Waals surface area contributed by atoms with Gasteiger partial charge >= 0.3 is 0 Å². The van der Waals surface area contributed by atoms with Crippen LogP contribution < -0.4 is 5.32 Å². The molecule has 0 aliphatic rings. The molecule has 0 saturated carbocycles. The summed E-state index contributed by atoms with van der Waals surface area (Å²) in [7, 11) is 1.66. The maximum Gasteiger partial charge on any atom is 0.277 e. The van der Waals surface area contributed by atoms with Gasteiger partial charge in [0.15, 0.2) is 5.69 Å². The molecule has 90 valence electrons. The molecule has 3 aromatic rings. The van der Waals surface area contributed by atoms with E-state index in [1.165, 1.54) is 11.0 Å². The van der Waals surface area contributed by atoms with E-state index in [0.717, 1.165) is 10.9 Å². The Morgan fingerprint density at radius 2 is 2.28 bits per heavy atom. The van der Waals surface area contributed by atoms with E-state index >= 15 is 0 Å². The van der Waals surface area contributed by atoms with Crippen LogP contribution in [-0.2, 0) is 7.05 Å². The Labute approximate surface area is 102 Å². The lowest BCUT2D eigenvalue weighted by Gasteiger charge is -2.02. The Kier molecular flexibility index (Phi) is 2.30. The highest BCUT2D eigenvalue weighted by atomic mass is 16.2. The second kappa shape index (κ2) is 3.95. The number of aromatic amines is 1. The van der Waals surface area contributed by atoms with Crippen LogP contribution in [-0.4, -0.2) is 31.1 Å². The first-order chi connectivity index (χ1) is 8.72. The second-order valence-electron chi connectivity index (χ2n) is 3.85. The van der Waals surface area contributed by atoms with Crippen molar-refractivity contribution in [1.29, 1.82) is 0 Å². The van der Waals surface area contributed by atoms with E-state index in [9.17, 15) is 4.79 Å². The number of H-pyrrole nitrogens is 1. The molecule has 2 aromatic heterocycles. The number of carbonyl (C=O) groups is 1. The third kappa shape index (κ3) is 1.81. The van der Waals surface area contributed by atoms with Gasteiger partial charge in [-0.2, -0.15) is 15.0 Å². The minimum Gasteiger partial charge on any atom is -0.320 e. The summed E-state index contributed by atoms with van der Waals surface area (Å²) < 4.78 is 0. The zero-order valence-corrected chi connectivity index (χ0v) is 9.58. The van der Waals surface area contributed by atoms with Crippen LogP contribution in [0.25, 0.3) is 10.9 Å². The van der Waals surface area contributed by atoms with Crippen LogP contribution >= 0.6 is 0 Å². The number of anilines is 1. The van der Waals surface area contributed by atoms with Crippen molar-refractivity contribution in [3.8, 4) is 0 Å². The predicted molar refractivity (Wildman–Crippen MR) is 65.0 cm³/mol. The van der Waals surface area contributed by atoms with Crippen LogP contribution in [0.1, 0.15) is 10.5 Å². The first kappa shape index (κ1) is 10.5. The van der Waals surface area contributed by atoms with Gasteiger partial charge in [0, 0.05) is 18.1 Å². The van der Waals surface area contributed by atoms with Gasteiger partial charge in [0.1, 0.15) is 0 Å². The smallest absolute Gasteiger partial charge is 0.277 e. The predicted octanol–water partition coefficient (Wildman–Crippen LogP) is 0.944. The average Bonchev–Trinajstić information content (AvgIpc) is 2.96. The molecule has 3 rings (SSSR count). The molecule has 0 atom stereocenters. The molecule has 2 N–H and O–H groups in total. The number of nitrogens with zero attached hydrogens (tertiary/aromatic N) is 4. The molecule has 0 unspecified atom stereocenters. The second-order valence-corrected chi connectivity index (χ2v) is 3.85. The fraction of sp³-hybridized carbons (Fsp3) is 0.0909. The van der Waals surface area contributed by atoms with Crippen LogP contribution in [0.3, 0.4) is 0 Å². The van der Waals surface area contributed by atoms with Gasteiger partial charge in [0.2, 0.25) is 0 Å². The zero-order chi connectivity index (χ0) is 12.5. The number of carbonyl (C=O) groups excluding carboxylic acids is 1. The van der Waals surface area contributed by atoms with Crippen molar-refractivity contribution in [2.24, 2.45) is 7.05 Å². The normalized spacial score (nSPS) is 10.7. The Hall–Kier alpha value is -2.70. The molecule has 1 aromatic carbocycles. The fourth-order valence-electron chi connectivity index (χ4n) is 1.66. The molecule has 0 bridgehead atoms. The first-order valence-corrected chi connectivity index (χ1v) is 5.33. The average molecular weight is 242 g/mol. The fourth-order valence-corrected chi connectivity index (χ4v) is 1.66. The lowest BCUT2D eigenvalue weighted by molar-refractivity contribution is 0.102.